The Balaban J connectivity index is 1.45. The summed E-state index contributed by atoms with van der Waals surface area (Å²) >= 11 is 0. The zero-order valence-electron chi connectivity index (χ0n) is 21.1. The predicted molar refractivity (Wildman–Crippen MR) is 143 cm³/mol. The maximum Gasteiger partial charge on any atom is 0.248 e. The second-order valence-electron chi connectivity index (χ2n) is 9.27. The number of rotatable bonds is 7. The number of nitrogens with two attached hydrogens (primary N) is 1. The number of piperidine rings is 1. The molecule has 0 saturated carbocycles. The molecule has 192 valence electrons. The first-order chi connectivity index (χ1) is 17.9. The third kappa shape index (κ3) is 4.53. The van der Waals surface area contributed by atoms with Gasteiger partial charge in [0.1, 0.15) is 23.8 Å². The maximum atomic E-state index is 11.9. The van der Waals surface area contributed by atoms with E-state index in [0.29, 0.717) is 31.0 Å². The van der Waals surface area contributed by atoms with Gasteiger partial charge in [-0.3, -0.25) is 14.5 Å². The van der Waals surface area contributed by atoms with Crippen LogP contribution in [-0.2, 0) is 18.3 Å². The fourth-order valence-electron chi connectivity index (χ4n) is 4.96. The summed E-state index contributed by atoms with van der Waals surface area (Å²) in [6.45, 7) is 6.56. The van der Waals surface area contributed by atoms with Gasteiger partial charge in [0.2, 0.25) is 5.91 Å². The molecule has 37 heavy (non-hydrogen) atoms. The molecular formula is C26H31N9O2. The monoisotopic (exact) mass is 501 g/mol. The minimum atomic E-state index is -0.452. The lowest BCUT2D eigenvalue weighted by molar-refractivity contribution is -0.135. The molecule has 1 amide bonds. The summed E-state index contributed by atoms with van der Waals surface area (Å²) < 4.78 is 5.60. The minimum absolute atomic E-state index is 0.186. The number of aromatic nitrogens is 6. The number of amides is 1. The number of likely N-dealkylation sites (tertiary alicyclic amines) is 1. The third-order valence-corrected chi connectivity index (χ3v) is 6.85. The van der Waals surface area contributed by atoms with Gasteiger partial charge in [-0.2, -0.15) is 14.7 Å². The highest BCUT2D eigenvalue weighted by Gasteiger charge is 2.26. The lowest BCUT2D eigenvalue weighted by atomic mass is 10.0. The maximum absolute atomic E-state index is 11.9. The minimum Gasteiger partial charge on any atom is -0.387 e. The molecule has 0 atom stereocenters. The van der Waals surface area contributed by atoms with E-state index in [9.17, 15) is 9.90 Å². The van der Waals surface area contributed by atoms with Crippen molar-refractivity contribution in [2.24, 2.45) is 12.0 Å². The number of anilines is 1. The number of hydrogen-bond acceptors (Lipinski definition) is 7. The van der Waals surface area contributed by atoms with Crippen LogP contribution < -0.4 is 5.73 Å². The van der Waals surface area contributed by atoms with Crippen molar-refractivity contribution < 1.29 is 9.90 Å². The Labute approximate surface area is 214 Å². The molecule has 1 aliphatic rings. The molecule has 0 aromatic carbocycles. The molecule has 0 spiro atoms. The first-order valence-electron chi connectivity index (χ1n) is 12.3. The summed E-state index contributed by atoms with van der Waals surface area (Å²) in [4.78, 5) is 23.2. The first-order valence-corrected chi connectivity index (χ1v) is 12.3. The van der Waals surface area contributed by atoms with Gasteiger partial charge >= 0.3 is 0 Å². The zero-order valence-corrected chi connectivity index (χ0v) is 21.1. The van der Waals surface area contributed by atoms with Gasteiger partial charge in [-0.25, -0.2) is 4.98 Å². The summed E-state index contributed by atoms with van der Waals surface area (Å²) in [6.07, 6.45) is 13.2. The molecule has 0 unspecified atom stereocenters. The van der Waals surface area contributed by atoms with Crippen molar-refractivity contribution in [1.29, 1.82) is 0 Å². The number of carbonyl (C=O) groups excluding carboxylic acids is 1. The topological polar surface area (TPSA) is 132 Å². The Morgan fingerprint density at radius 1 is 1.32 bits per heavy atom. The fourth-order valence-corrected chi connectivity index (χ4v) is 4.96. The Morgan fingerprint density at radius 2 is 2.11 bits per heavy atom. The molecule has 11 nitrogen and oxygen atoms in total. The van der Waals surface area contributed by atoms with Crippen molar-refractivity contribution in [3.63, 3.8) is 0 Å². The van der Waals surface area contributed by atoms with Crippen LogP contribution in [-0.4, -0.2) is 70.8 Å². The van der Waals surface area contributed by atoms with Crippen LogP contribution in [0.4, 0.5) is 5.82 Å². The van der Waals surface area contributed by atoms with E-state index in [1.807, 2.05) is 38.5 Å². The average molecular weight is 502 g/mol. The smallest absolute Gasteiger partial charge is 0.248 e. The van der Waals surface area contributed by atoms with Crippen molar-refractivity contribution >= 4 is 40.3 Å². The van der Waals surface area contributed by atoms with Crippen LogP contribution in [0.25, 0.3) is 22.4 Å². The zero-order chi connectivity index (χ0) is 26.1. The van der Waals surface area contributed by atoms with Gasteiger partial charge < -0.3 is 20.3 Å². The van der Waals surface area contributed by atoms with Crippen molar-refractivity contribution in [2.75, 3.05) is 25.4 Å². The summed E-state index contributed by atoms with van der Waals surface area (Å²) in [7, 11) is 1.87. The number of aryl methyl sites for hydroxylation is 2. The van der Waals surface area contributed by atoms with E-state index in [4.69, 9.17) is 10.7 Å². The number of hydrogen-bond donors (Lipinski definition) is 2. The third-order valence-electron chi connectivity index (χ3n) is 6.85. The van der Waals surface area contributed by atoms with Crippen LogP contribution in [0.5, 0.6) is 0 Å². The molecule has 11 heteroatoms. The molecule has 1 saturated heterocycles. The summed E-state index contributed by atoms with van der Waals surface area (Å²) in [5.41, 5.74) is 11.5. The molecule has 4 aromatic heterocycles. The molecule has 4 aromatic rings. The van der Waals surface area contributed by atoms with Crippen molar-refractivity contribution in [3.05, 3.63) is 60.2 Å². The van der Waals surface area contributed by atoms with Gasteiger partial charge in [0.05, 0.1) is 17.3 Å². The van der Waals surface area contributed by atoms with Crippen molar-refractivity contribution in [2.45, 2.75) is 32.2 Å². The van der Waals surface area contributed by atoms with E-state index < -0.39 is 6.61 Å². The SMILES string of the molecule is C=C/C=C(\N=CCc1cnn2c(N)c3c(C)cn(C4CCN(C(=O)CO)CC4)c3nc12)c1ccn(C)n1. The lowest BCUT2D eigenvalue weighted by Crippen LogP contribution is -2.40. The van der Waals surface area contributed by atoms with Crippen molar-refractivity contribution in [3.8, 4) is 0 Å². The van der Waals surface area contributed by atoms with E-state index in [2.05, 4.69) is 32.5 Å². The first kappa shape index (κ1) is 24.4. The lowest BCUT2D eigenvalue weighted by Gasteiger charge is -2.32. The number of allylic oxidation sites excluding steroid dienone is 2. The number of aliphatic hydroxyl groups is 1. The highest BCUT2D eigenvalue weighted by molar-refractivity contribution is 5.92. The number of aliphatic hydroxyl groups excluding tert-OH is 1. The second-order valence-corrected chi connectivity index (χ2v) is 9.27. The van der Waals surface area contributed by atoms with Crippen LogP contribution in [0.1, 0.15) is 35.7 Å². The number of carbonyl (C=O) groups is 1. The van der Waals surface area contributed by atoms with Gasteiger partial charge in [0.15, 0.2) is 5.65 Å². The Morgan fingerprint density at radius 3 is 2.78 bits per heavy atom. The predicted octanol–water partition coefficient (Wildman–Crippen LogP) is 2.30. The molecule has 0 bridgehead atoms. The van der Waals surface area contributed by atoms with Gasteiger partial charge in [-0.05, 0) is 37.5 Å². The van der Waals surface area contributed by atoms with E-state index in [0.717, 1.165) is 46.4 Å². The second kappa shape index (κ2) is 10.0. The quantitative estimate of drug-likeness (QED) is 0.295. The normalized spacial score (nSPS) is 15.4. The van der Waals surface area contributed by atoms with Crippen molar-refractivity contribution in [1.82, 2.24) is 33.8 Å². The van der Waals surface area contributed by atoms with E-state index >= 15 is 0 Å². The van der Waals surface area contributed by atoms with Crippen LogP contribution in [0, 0.1) is 6.92 Å². The summed E-state index contributed by atoms with van der Waals surface area (Å²) in [6, 6.07) is 2.09. The standard InChI is InChI=1S/C26H31N9O2/c1-4-5-20(21-9-11-32(3)31-21)28-10-6-18-14-29-35-24(27)23-17(2)15-34(26(23)30-25(18)35)19-7-12-33(13-8-19)22(37)16-36/h4-5,9-11,14-15,19,36H,1,6-8,12-13,16,27H2,2-3H3/b20-5-,28-10?. The van der Waals surface area contributed by atoms with Gasteiger partial charge in [0, 0.05) is 56.8 Å². The molecular weight excluding hydrogens is 470 g/mol. The molecule has 5 rings (SSSR count). The molecule has 0 radical (unpaired) electrons. The number of nitrogen functional groups attached to an aromatic ring is 1. The summed E-state index contributed by atoms with van der Waals surface area (Å²) in [5.74, 6) is 0.323. The summed E-state index contributed by atoms with van der Waals surface area (Å²) in [5, 5.41) is 19.0. The van der Waals surface area contributed by atoms with Crippen LogP contribution in [0.3, 0.4) is 0 Å². The van der Waals surface area contributed by atoms with Crippen LogP contribution in [0.15, 0.2) is 48.4 Å². The van der Waals surface area contributed by atoms with Gasteiger partial charge in [0.25, 0.3) is 0 Å². The fraction of sp³-hybridized carbons (Fsp3) is 0.346. The molecule has 5 heterocycles. The number of nitrogens with zero attached hydrogens (tertiary/aromatic N) is 8. The molecule has 1 fully saturated rings. The van der Waals surface area contributed by atoms with Crippen LogP contribution in [0.2, 0.25) is 0 Å². The largest absolute Gasteiger partial charge is 0.387 e. The van der Waals surface area contributed by atoms with Gasteiger partial charge in [-0.1, -0.05) is 12.7 Å². The number of aliphatic imine (C=N–C) groups is 1. The molecule has 1 aliphatic heterocycles. The Kier molecular flexibility index (Phi) is 6.62. The average Bonchev–Trinajstić information content (AvgIpc) is 3.61. The molecule has 3 N–H and O–H groups in total. The van der Waals surface area contributed by atoms with E-state index in [1.165, 1.54) is 0 Å². The Bertz CT molecular complexity index is 1530. The van der Waals surface area contributed by atoms with E-state index in [1.54, 1.807) is 26.4 Å². The molecule has 0 aliphatic carbocycles. The number of fused-ring (bicyclic) bond motifs is 2. The van der Waals surface area contributed by atoms with E-state index in [-0.39, 0.29) is 11.9 Å². The van der Waals surface area contributed by atoms with Gasteiger partial charge in [-0.15, -0.1) is 0 Å². The Hall–Kier alpha value is -4.25. The van der Waals surface area contributed by atoms with Crippen LogP contribution >= 0.6 is 0 Å². The highest BCUT2D eigenvalue weighted by atomic mass is 16.3. The highest BCUT2D eigenvalue weighted by Crippen LogP contribution is 2.33.